The van der Waals surface area contributed by atoms with Gasteiger partial charge in [0.05, 0.1) is 10.9 Å². The Hall–Kier alpha value is -1.40. The zero-order valence-electron chi connectivity index (χ0n) is 14.9. The normalized spacial score (nSPS) is 18.7. The molecule has 2 aromatic rings. The van der Waals surface area contributed by atoms with Gasteiger partial charge in [-0.3, -0.25) is 14.6 Å². The van der Waals surface area contributed by atoms with Crippen molar-refractivity contribution in [1.82, 2.24) is 9.80 Å². The van der Waals surface area contributed by atoms with E-state index in [9.17, 15) is 4.79 Å². The molecule has 0 N–H and O–H groups in total. The number of anilines is 1. The van der Waals surface area contributed by atoms with Crippen molar-refractivity contribution in [2.24, 2.45) is 0 Å². The molecule has 1 aromatic heterocycles. The summed E-state index contributed by atoms with van der Waals surface area (Å²) in [5.74, 6) is 0.232. The molecule has 6 heteroatoms. The van der Waals surface area contributed by atoms with E-state index in [1.807, 2.05) is 17.0 Å². The molecule has 0 spiro atoms. The first kappa shape index (κ1) is 18.0. The zero-order chi connectivity index (χ0) is 17.9. The third-order valence-corrected chi connectivity index (χ3v) is 6.46. The largest absolute Gasteiger partial charge is 0.311 e. The Bertz CT molecular complexity index is 770. The first-order valence-electron chi connectivity index (χ1n) is 9.26. The van der Waals surface area contributed by atoms with Crippen LogP contribution in [0.2, 0.25) is 4.34 Å². The van der Waals surface area contributed by atoms with Crippen molar-refractivity contribution in [2.45, 2.75) is 19.4 Å². The summed E-state index contributed by atoms with van der Waals surface area (Å²) < 4.78 is 0.853. The molecule has 26 heavy (non-hydrogen) atoms. The maximum atomic E-state index is 12.9. The average molecular weight is 390 g/mol. The fraction of sp³-hybridized carbons (Fsp3) is 0.450. The van der Waals surface area contributed by atoms with Gasteiger partial charge in [-0.15, -0.1) is 11.3 Å². The van der Waals surface area contributed by atoms with Crippen LogP contribution in [0.1, 0.15) is 16.9 Å². The van der Waals surface area contributed by atoms with Crippen molar-refractivity contribution < 1.29 is 4.79 Å². The maximum absolute atomic E-state index is 12.9. The van der Waals surface area contributed by atoms with Crippen LogP contribution < -0.4 is 4.90 Å². The molecule has 0 saturated carbocycles. The number of hydrogen-bond acceptors (Lipinski definition) is 4. The molecule has 1 fully saturated rings. The summed E-state index contributed by atoms with van der Waals surface area (Å²) in [5, 5.41) is 0. The van der Waals surface area contributed by atoms with E-state index >= 15 is 0 Å². The highest BCUT2D eigenvalue weighted by Crippen LogP contribution is 2.27. The molecule has 0 radical (unpaired) electrons. The molecule has 2 aliphatic rings. The van der Waals surface area contributed by atoms with Crippen LogP contribution >= 0.6 is 22.9 Å². The van der Waals surface area contributed by atoms with Gasteiger partial charge >= 0.3 is 0 Å². The second-order valence-corrected chi connectivity index (χ2v) is 8.84. The molecule has 2 aliphatic heterocycles. The molecule has 3 heterocycles. The number of fused-ring (bicyclic) bond motifs is 1. The number of amides is 1. The average Bonchev–Trinajstić information content (AvgIpc) is 3.07. The number of rotatable bonds is 4. The van der Waals surface area contributed by atoms with Gasteiger partial charge in [0.1, 0.15) is 0 Å². The highest BCUT2D eigenvalue weighted by molar-refractivity contribution is 7.16. The number of benzene rings is 1. The van der Waals surface area contributed by atoms with Gasteiger partial charge in [-0.1, -0.05) is 29.8 Å². The Morgan fingerprint density at radius 1 is 1.00 bits per heavy atom. The Morgan fingerprint density at radius 3 is 2.54 bits per heavy atom. The number of thiophene rings is 1. The number of piperazine rings is 1. The van der Waals surface area contributed by atoms with Crippen molar-refractivity contribution in [3.63, 3.8) is 0 Å². The molecule has 4 rings (SSSR count). The first-order valence-corrected chi connectivity index (χ1v) is 10.5. The lowest BCUT2D eigenvalue weighted by Crippen LogP contribution is -2.50. The lowest BCUT2D eigenvalue weighted by molar-refractivity contribution is -0.120. The summed E-state index contributed by atoms with van der Waals surface area (Å²) in [6, 6.07) is 12.4. The monoisotopic (exact) mass is 389 g/mol. The third-order valence-electron chi connectivity index (χ3n) is 5.24. The lowest BCUT2D eigenvalue weighted by Gasteiger charge is -2.36. The van der Waals surface area contributed by atoms with Gasteiger partial charge in [0, 0.05) is 49.8 Å². The third kappa shape index (κ3) is 4.12. The molecule has 138 valence electrons. The fourth-order valence-corrected chi connectivity index (χ4v) is 4.96. The molecular weight excluding hydrogens is 366 g/mol. The summed E-state index contributed by atoms with van der Waals surface area (Å²) in [6.07, 6.45) is 2.13. The van der Waals surface area contributed by atoms with E-state index in [4.69, 9.17) is 11.6 Å². The van der Waals surface area contributed by atoms with Crippen LogP contribution in [-0.2, 0) is 17.8 Å². The van der Waals surface area contributed by atoms with Crippen LogP contribution in [0.5, 0.6) is 0 Å². The van der Waals surface area contributed by atoms with E-state index in [-0.39, 0.29) is 5.91 Å². The number of carbonyl (C=O) groups excluding carboxylic acids is 1. The number of carbonyl (C=O) groups is 1. The Labute approximate surface area is 164 Å². The molecule has 0 bridgehead atoms. The summed E-state index contributed by atoms with van der Waals surface area (Å²) in [4.78, 5) is 20.9. The number of hydrogen-bond donors (Lipinski definition) is 0. The number of aryl methyl sites for hydroxylation is 1. The summed E-state index contributed by atoms with van der Waals surface area (Å²) in [5.41, 5.74) is 2.41. The van der Waals surface area contributed by atoms with Gasteiger partial charge in [0.25, 0.3) is 0 Å². The first-order chi connectivity index (χ1) is 12.7. The van der Waals surface area contributed by atoms with E-state index in [0.717, 1.165) is 62.1 Å². The second-order valence-electron chi connectivity index (χ2n) is 7.04. The van der Waals surface area contributed by atoms with Crippen LogP contribution in [0.25, 0.3) is 0 Å². The van der Waals surface area contributed by atoms with Gasteiger partial charge in [-0.25, -0.2) is 0 Å². The highest BCUT2D eigenvalue weighted by atomic mass is 35.5. The highest BCUT2D eigenvalue weighted by Gasteiger charge is 2.25. The fourth-order valence-electron chi connectivity index (χ4n) is 3.83. The standard InChI is InChI=1S/C20H24ClN3OS/c21-19-8-7-17(26-19)14-22-10-12-23(13-11-22)15-20(25)24-9-3-5-16-4-1-2-6-18(16)24/h1-2,4,6-8H,3,5,9-15H2. The number of nitrogens with zero attached hydrogens (tertiary/aromatic N) is 3. The second kappa shape index (κ2) is 8.09. The van der Waals surface area contributed by atoms with Crippen molar-refractivity contribution in [1.29, 1.82) is 0 Å². The molecule has 4 nitrogen and oxygen atoms in total. The molecule has 0 aliphatic carbocycles. The van der Waals surface area contributed by atoms with E-state index in [1.165, 1.54) is 10.4 Å². The van der Waals surface area contributed by atoms with Crippen LogP contribution in [0.15, 0.2) is 36.4 Å². The minimum absolute atomic E-state index is 0.232. The number of para-hydroxylation sites is 1. The molecule has 1 aromatic carbocycles. The molecular formula is C20H24ClN3OS. The van der Waals surface area contributed by atoms with Crippen LogP contribution in [0, 0.1) is 0 Å². The van der Waals surface area contributed by atoms with E-state index < -0.39 is 0 Å². The van der Waals surface area contributed by atoms with Crippen molar-refractivity contribution in [3.05, 3.63) is 51.2 Å². The van der Waals surface area contributed by atoms with Gasteiger partial charge in [0.15, 0.2) is 0 Å². The Balaban J connectivity index is 1.30. The Kier molecular flexibility index (Phi) is 5.60. The van der Waals surface area contributed by atoms with Gasteiger partial charge in [-0.05, 0) is 36.6 Å². The van der Waals surface area contributed by atoms with Crippen LogP contribution in [-0.4, -0.2) is 55.0 Å². The van der Waals surface area contributed by atoms with E-state index in [2.05, 4.69) is 34.1 Å². The van der Waals surface area contributed by atoms with Crippen molar-refractivity contribution in [3.8, 4) is 0 Å². The lowest BCUT2D eigenvalue weighted by atomic mass is 10.0. The quantitative estimate of drug-likeness (QED) is 0.800. The zero-order valence-corrected chi connectivity index (χ0v) is 16.4. The van der Waals surface area contributed by atoms with Gasteiger partial charge in [0.2, 0.25) is 5.91 Å². The Morgan fingerprint density at radius 2 is 1.77 bits per heavy atom. The molecule has 0 unspecified atom stereocenters. The molecule has 1 saturated heterocycles. The van der Waals surface area contributed by atoms with Gasteiger partial charge < -0.3 is 4.90 Å². The predicted octanol–water partition coefficient (Wildman–Crippen LogP) is 3.50. The molecule has 1 amide bonds. The van der Waals surface area contributed by atoms with Crippen molar-refractivity contribution in [2.75, 3.05) is 44.2 Å². The minimum Gasteiger partial charge on any atom is -0.311 e. The minimum atomic E-state index is 0.232. The van der Waals surface area contributed by atoms with E-state index in [1.54, 1.807) is 11.3 Å². The van der Waals surface area contributed by atoms with Crippen LogP contribution in [0.4, 0.5) is 5.69 Å². The van der Waals surface area contributed by atoms with Gasteiger partial charge in [-0.2, -0.15) is 0 Å². The SMILES string of the molecule is O=C(CN1CCN(Cc2ccc(Cl)s2)CC1)N1CCCc2ccccc21. The smallest absolute Gasteiger partial charge is 0.241 e. The summed E-state index contributed by atoms with van der Waals surface area (Å²) in [7, 11) is 0. The summed E-state index contributed by atoms with van der Waals surface area (Å²) >= 11 is 7.67. The maximum Gasteiger partial charge on any atom is 0.241 e. The topological polar surface area (TPSA) is 26.8 Å². The van der Waals surface area contributed by atoms with Crippen LogP contribution in [0.3, 0.4) is 0 Å². The number of halogens is 1. The predicted molar refractivity (Wildman–Crippen MR) is 108 cm³/mol. The summed E-state index contributed by atoms with van der Waals surface area (Å²) in [6.45, 7) is 6.21. The van der Waals surface area contributed by atoms with E-state index in [0.29, 0.717) is 6.54 Å². The molecule has 0 atom stereocenters. The van der Waals surface area contributed by atoms with Crippen molar-refractivity contribution >= 4 is 34.5 Å².